The summed E-state index contributed by atoms with van der Waals surface area (Å²) in [6, 6.07) is 5.08. The molecule has 0 unspecified atom stereocenters. The van der Waals surface area contributed by atoms with Gasteiger partial charge in [-0.05, 0) is 24.3 Å². The van der Waals surface area contributed by atoms with Crippen LogP contribution in [-0.4, -0.2) is 59.5 Å². The molecule has 1 aliphatic heterocycles. The van der Waals surface area contributed by atoms with Crippen molar-refractivity contribution in [1.29, 1.82) is 0 Å². The minimum Gasteiger partial charge on any atom is -0.484 e. The van der Waals surface area contributed by atoms with E-state index in [4.69, 9.17) is 0 Å². The van der Waals surface area contributed by atoms with Crippen molar-refractivity contribution < 1.29 is 27.8 Å². The fourth-order valence-electron chi connectivity index (χ4n) is 2.07. The first-order chi connectivity index (χ1) is 10.9. The first-order valence-corrected chi connectivity index (χ1v) is 8.10. The number of carbonyl (C=O) groups excluding carboxylic acids is 1. The van der Waals surface area contributed by atoms with Crippen LogP contribution >= 0.6 is 11.8 Å². The average Bonchev–Trinajstić information content (AvgIpc) is 2.53. The minimum atomic E-state index is -4.39. The predicted molar refractivity (Wildman–Crippen MR) is 81.9 cm³/mol. The van der Waals surface area contributed by atoms with E-state index >= 15 is 0 Å². The molecule has 1 fully saturated rings. The average molecular weight is 350 g/mol. The van der Waals surface area contributed by atoms with Crippen LogP contribution in [-0.2, 0) is 0 Å². The van der Waals surface area contributed by atoms with Crippen LogP contribution in [0.5, 0.6) is 5.75 Å². The van der Waals surface area contributed by atoms with Gasteiger partial charge in [0.1, 0.15) is 5.75 Å². The number of nitrogens with zero attached hydrogens (tertiary/aromatic N) is 1. The number of rotatable bonds is 4. The van der Waals surface area contributed by atoms with Crippen molar-refractivity contribution in [2.24, 2.45) is 0 Å². The molecule has 1 saturated heterocycles. The lowest BCUT2D eigenvalue weighted by Gasteiger charge is -2.34. The van der Waals surface area contributed by atoms with E-state index in [-0.39, 0.29) is 24.4 Å². The highest BCUT2D eigenvalue weighted by Gasteiger charge is 2.28. The second-order valence-corrected chi connectivity index (χ2v) is 6.11. The van der Waals surface area contributed by atoms with Crippen LogP contribution in [0.1, 0.15) is 0 Å². The van der Waals surface area contributed by atoms with Crippen molar-refractivity contribution in [3.05, 3.63) is 24.3 Å². The van der Waals surface area contributed by atoms with Crippen LogP contribution in [0.2, 0.25) is 0 Å². The van der Waals surface area contributed by atoms with Crippen molar-refractivity contribution in [3.63, 3.8) is 0 Å². The molecule has 23 heavy (non-hydrogen) atoms. The summed E-state index contributed by atoms with van der Waals surface area (Å²) >= 11 is 1.67. The van der Waals surface area contributed by atoms with Gasteiger partial charge < -0.3 is 20.1 Å². The van der Waals surface area contributed by atoms with E-state index in [2.05, 4.69) is 10.1 Å². The standard InChI is InChI=1S/C14H17F3N2O3S/c15-14(16,17)9-22-12-3-1-10(2-4-12)18-13(21)19-5-6-23-8-11(19)7-20/h1-4,11,20H,5-9H2,(H,18,21)/t11-/m1/s1. The number of halogens is 3. The number of benzene rings is 1. The maximum absolute atomic E-state index is 12.2. The summed E-state index contributed by atoms with van der Waals surface area (Å²) < 4.78 is 40.8. The number of aliphatic hydroxyl groups excluding tert-OH is 1. The Morgan fingerprint density at radius 1 is 1.39 bits per heavy atom. The van der Waals surface area contributed by atoms with Crippen LogP contribution in [0.4, 0.5) is 23.7 Å². The number of hydrogen-bond acceptors (Lipinski definition) is 4. The van der Waals surface area contributed by atoms with Crippen LogP contribution < -0.4 is 10.1 Å². The molecular formula is C14H17F3N2O3S. The molecule has 0 radical (unpaired) electrons. The summed E-state index contributed by atoms with van der Waals surface area (Å²) in [5.41, 5.74) is 0.448. The summed E-state index contributed by atoms with van der Waals surface area (Å²) in [5.74, 6) is 1.55. The number of thioether (sulfide) groups is 1. The van der Waals surface area contributed by atoms with Gasteiger partial charge in [-0.15, -0.1) is 0 Å². The molecule has 2 amide bonds. The monoisotopic (exact) mass is 350 g/mol. The predicted octanol–water partition coefficient (Wildman–Crippen LogP) is 2.57. The summed E-state index contributed by atoms with van der Waals surface area (Å²) in [6.07, 6.45) is -4.39. The lowest BCUT2D eigenvalue weighted by atomic mass is 10.3. The molecule has 1 atom stereocenters. The Hall–Kier alpha value is -1.61. The molecule has 0 aromatic heterocycles. The van der Waals surface area contributed by atoms with E-state index < -0.39 is 12.8 Å². The minimum absolute atomic E-state index is 0.0722. The van der Waals surface area contributed by atoms with Crippen LogP contribution in [0.15, 0.2) is 24.3 Å². The van der Waals surface area contributed by atoms with Crippen LogP contribution in [0.3, 0.4) is 0 Å². The molecule has 0 spiro atoms. The quantitative estimate of drug-likeness (QED) is 0.876. The lowest BCUT2D eigenvalue weighted by Crippen LogP contribution is -2.49. The molecule has 1 aromatic carbocycles. The van der Waals surface area contributed by atoms with Gasteiger partial charge in [0.25, 0.3) is 0 Å². The van der Waals surface area contributed by atoms with Gasteiger partial charge in [-0.2, -0.15) is 24.9 Å². The van der Waals surface area contributed by atoms with Crippen molar-refractivity contribution in [3.8, 4) is 5.75 Å². The zero-order valence-electron chi connectivity index (χ0n) is 12.2. The van der Waals surface area contributed by atoms with E-state index in [1.165, 1.54) is 24.3 Å². The van der Waals surface area contributed by atoms with Crippen molar-refractivity contribution >= 4 is 23.5 Å². The second kappa shape index (κ2) is 7.78. The first-order valence-electron chi connectivity index (χ1n) is 6.95. The van der Waals surface area contributed by atoms with Crippen molar-refractivity contribution in [1.82, 2.24) is 4.90 Å². The van der Waals surface area contributed by atoms with Crippen LogP contribution in [0, 0.1) is 0 Å². The Kier molecular flexibility index (Phi) is 6.00. The van der Waals surface area contributed by atoms with E-state index in [0.29, 0.717) is 18.0 Å². The third kappa shape index (κ3) is 5.51. The maximum Gasteiger partial charge on any atom is 0.422 e. The Morgan fingerprint density at radius 3 is 2.70 bits per heavy atom. The number of amides is 2. The number of aliphatic hydroxyl groups is 1. The topological polar surface area (TPSA) is 61.8 Å². The van der Waals surface area contributed by atoms with E-state index in [0.717, 1.165) is 5.75 Å². The Labute approximate surface area is 135 Å². The SMILES string of the molecule is O=C(Nc1ccc(OCC(F)(F)F)cc1)N1CCSC[C@H]1CO. The number of ether oxygens (including phenoxy) is 1. The fraction of sp³-hybridized carbons (Fsp3) is 0.500. The van der Waals surface area contributed by atoms with Crippen LogP contribution in [0.25, 0.3) is 0 Å². The fourth-order valence-corrected chi connectivity index (χ4v) is 3.12. The molecule has 0 aliphatic carbocycles. The van der Waals surface area contributed by atoms with E-state index in [1.54, 1.807) is 16.7 Å². The number of urea groups is 1. The van der Waals surface area contributed by atoms with Gasteiger partial charge in [0, 0.05) is 23.7 Å². The molecule has 2 rings (SSSR count). The van der Waals surface area contributed by atoms with Gasteiger partial charge in [0.2, 0.25) is 0 Å². The number of carbonyl (C=O) groups is 1. The molecule has 0 saturated carbocycles. The third-order valence-corrected chi connectivity index (χ3v) is 4.30. The number of hydrogen-bond donors (Lipinski definition) is 2. The van der Waals surface area contributed by atoms with Crippen molar-refractivity contribution in [2.75, 3.05) is 36.6 Å². The van der Waals surface area contributed by atoms with Gasteiger partial charge in [-0.3, -0.25) is 0 Å². The lowest BCUT2D eigenvalue weighted by molar-refractivity contribution is -0.153. The van der Waals surface area contributed by atoms with Gasteiger partial charge in [0.05, 0.1) is 12.6 Å². The molecule has 1 aromatic rings. The maximum atomic E-state index is 12.2. The largest absolute Gasteiger partial charge is 0.484 e. The highest BCUT2D eigenvalue weighted by molar-refractivity contribution is 7.99. The normalized spacial score (nSPS) is 18.6. The molecule has 2 N–H and O–H groups in total. The number of anilines is 1. The number of nitrogens with one attached hydrogen (secondary N) is 1. The first kappa shape index (κ1) is 17.7. The smallest absolute Gasteiger partial charge is 0.422 e. The Bertz CT molecular complexity index is 525. The molecule has 0 bridgehead atoms. The summed E-state index contributed by atoms with van der Waals surface area (Å²) in [5, 5.41) is 12.0. The molecule has 5 nitrogen and oxygen atoms in total. The van der Waals surface area contributed by atoms with E-state index in [9.17, 15) is 23.1 Å². The van der Waals surface area contributed by atoms with Gasteiger partial charge >= 0.3 is 12.2 Å². The van der Waals surface area contributed by atoms with Crippen molar-refractivity contribution in [2.45, 2.75) is 12.2 Å². The molecule has 128 valence electrons. The third-order valence-electron chi connectivity index (χ3n) is 3.21. The number of alkyl halides is 3. The Balaban J connectivity index is 1.91. The zero-order valence-corrected chi connectivity index (χ0v) is 13.0. The summed E-state index contributed by atoms with van der Waals surface area (Å²) in [6.45, 7) is -0.929. The molecule has 9 heteroatoms. The highest BCUT2D eigenvalue weighted by Crippen LogP contribution is 2.21. The molecule has 1 heterocycles. The van der Waals surface area contributed by atoms with Gasteiger partial charge in [-0.25, -0.2) is 4.79 Å². The van der Waals surface area contributed by atoms with Gasteiger partial charge in [-0.1, -0.05) is 0 Å². The molecule has 1 aliphatic rings. The summed E-state index contributed by atoms with van der Waals surface area (Å²) in [4.78, 5) is 13.8. The van der Waals surface area contributed by atoms with Gasteiger partial charge in [0.15, 0.2) is 6.61 Å². The van der Waals surface area contributed by atoms with E-state index in [1.807, 2.05) is 0 Å². The zero-order chi connectivity index (χ0) is 16.9. The highest BCUT2D eigenvalue weighted by atomic mass is 32.2. The second-order valence-electron chi connectivity index (χ2n) is 4.96. The molecular weight excluding hydrogens is 333 g/mol. The summed E-state index contributed by atoms with van der Waals surface area (Å²) in [7, 11) is 0. The Morgan fingerprint density at radius 2 is 2.09 bits per heavy atom.